The number of nitrogens with zero attached hydrogens (tertiary/aromatic N) is 1. The SMILES string of the molecule is O=C(COc1c(F)cc(Cl)cc1Br)N1CCC(F)(F)C1. The predicted molar refractivity (Wildman–Crippen MR) is 70.7 cm³/mol. The summed E-state index contributed by atoms with van der Waals surface area (Å²) in [5.41, 5.74) is 0. The third kappa shape index (κ3) is 3.58. The molecule has 2 rings (SSSR count). The van der Waals surface area contributed by atoms with E-state index in [1.54, 1.807) is 0 Å². The number of likely N-dealkylation sites (tertiary alicyclic amines) is 1. The molecule has 20 heavy (non-hydrogen) atoms. The highest BCUT2D eigenvalue weighted by molar-refractivity contribution is 9.10. The lowest BCUT2D eigenvalue weighted by atomic mass is 10.3. The number of alkyl halides is 2. The average Bonchev–Trinajstić information content (AvgIpc) is 2.68. The quantitative estimate of drug-likeness (QED) is 0.813. The van der Waals surface area contributed by atoms with Crippen LogP contribution in [-0.2, 0) is 4.79 Å². The van der Waals surface area contributed by atoms with Crippen LogP contribution < -0.4 is 4.74 Å². The monoisotopic (exact) mass is 371 g/mol. The van der Waals surface area contributed by atoms with E-state index >= 15 is 0 Å². The molecule has 0 radical (unpaired) electrons. The number of ether oxygens (including phenoxy) is 1. The molecule has 1 saturated heterocycles. The molecule has 8 heteroatoms. The first-order valence-electron chi connectivity index (χ1n) is 5.71. The normalized spacial score (nSPS) is 17.4. The van der Waals surface area contributed by atoms with E-state index in [0.29, 0.717) is 0 Å². The molecule has 0 atom stereocenters. The van der Waals surface area contributed by atoms with E-state index in [0.717, 1.165) is 11.0 Å². The number of rotatable bonds is 3. The molecule has 1 aromatic rings. The number of carbonyl (C=O) groups excluding carboxylic acids is 1. The van der Waals surface area contributed by atoms with E-state index in [-0.39, 0.29) is 28.2 Å². The zero-order valence-electron chi connectivity index (χ0n) is 10.1. The zero-order valence-corrected chi connectivity index (χ0v) is 12.5. The van der Waals surface area contributed by atoms with Crippen molar-refractivity contribution in [2.45, 2.75) is 12.3 Å². The van der Waals surface area contributed by atoms with Crippen LogP contribution in [0.1, 0.15) is 6.42 Å². The van der Waals surface area contributed by atoms with Gasteiger partial charge in [-0.15, -0.1) is 0 Å². The topological polar surface area (TPSA) is 29.5 Å². The van der Waals surface area contributed by atoms with Crippen molar-refractivity contribution in [1.29, 1.82) is 0 Å². The van der Waals surface area contributed by atoms with E-state index in [1.807, 2.05) is 0 Å². The predicted octanol–water partition coefficient (Wildman–Crippen LogP) is 3.49. The second-order valence-electron chi connectivity index (χ2n) is 4.41. The molecule has 1 fully saturated rings. The lowest BCUT2D eigenvalue weighted by molar-refractivity contribution is -0.133. The minimum Gasteiger partial charge on any atom is -0.479 e. The Hall–Kier alpha value is -0.950. The minimum absolute atomic E-state index is 0.0283. The van der Waals surface area contributed by atoms with Crippen LogP contribution in [0.5, 0.6) is 5.75 Å². The Morgan fingerprint density at radius 2 is 2.20 bits per heavy atom. The Kier molecular flexibility index (Phi) is 4.49. The summed E-state index contributed by atoms with van der Waals surface area (Å²) in [5.74, 6) is -4.37. The summed E-state index contributed by atoms with van der Waals surface area (Å²) >= 11 is 8.69. The van der Waals surface area contributed by atoms with E-state index in [4.69, 9.17) is 16.3 Å². The molecule has 1 aromatic carbocycles. The number of carbonyl (C=O) groups is 1. The minimum atomic E-state index is -2.86. The molecule has 3 nitrogen and oxygen atoms in total. The van der Waals surface area contributed by atoms with Gasteiger partial charge in [-0.05, 0) is 28.1 Å². The van der Waals surface area contributed by atoms with E-state index in [1.165, 1.54) is 6.07 Å². The van der Waals surface area contributed by atoms with Crippen molar-refractivity contribution in [3.8, 4) is 5.75 Å². The van der Waals surface area contributed by atoms with Gasteiger partial charge in [-0.25, -0.2) is 13.2 Å². The molecule has 0 aromatic heterocycles. The molecular formula is C12H10BrClF3NO2. The molecule has 0 saturated carbocycles. The first kappa shape index (κ1) is 15.4. The summed E-state index contributed by atoms with van der Waals surface area (Å²) in [5, 5.41) is 0.173. The molecule has 0 spiro atoms. The van der Waals surface area contributed by atoms with Gasteiger partial charge in [0.25, 0.3) is 11.8 Å². The molecule has 1 aliphatic rings. The molecule has 0 N–H and O–H groups in total. The van der Waals surface area contributed by atoms with Crippen molar-refractivity contribution in [3.05, 3.63) is 27.4 Å². The van der Waals surface area contributed by atoms with Gasteiger partial charge in [0.15, 0.2) is 18.2 Å². The second kappa shape index (κ2) is 5.81. The van der Waals surface area contributed by atoms with Crippen molar-refractivity contribution in [2.24, 2.45) is 0 Å². The number of halogens is 5. The molecule has 1 heterocycles. The van der Waals surface area contributed by atoms with Gasteiger partial charge < -0.3 is 9.64 Å². The van der Waals surface area contributed by atoms with Crippen molar-refractivity contribution < 1.29 is 22.7 Å². The van der Waals surface area contributed by atoms with Crippen LogP contribution >= 0.6 is 27.5 Å². The van der Waals surface area contributed by atoms with Crippen molar-refractivity contribution in [2.75, 3.05) is 19.7 Å². The fraction of sp³-hybridized carbons (Fsp3) is 0.417. The van der Waals surface area contributed by atoms with Crippen LogP contribution in [0.25, 0.3) is 0 Å². The lowest BCUT2D eigenvalue weighted by Crippen LogP contribution is -2.35. The molecule has 0 unspecified atom stereocenters. The van der Waals surface area contributed by atoms with Crippen LogP contribution in [0.3, 0.4) is 0 Å². The highest BCUT2D eigenvalue weighted by atomic mass is 79.9. The van der Waals surface area contributed by atoms with Crippen LogP contribution in [0, 0.1) is 5.82 Å². The van der Waals surface area contributed by atoms with Gasteiger partial charge in [0.1, 0.15) is 0 Å². The molecule has 110 valence electrons. The standard InChI is InChI=1S/C12H10BrClF3NO2/c13-8-3-7(14)4-9(15)11(8)20-5-10(19)18-2-1-12(16,17)6-18/h3-4H,1-2,5-6H2. The second-order valence-corrected chi connectivity index (χ2v) is 5.70. The third-order valence-corrected chi connectivity index (χ3v) is 3.63. The van der Waals surface area contributed by atoms with Gasteiger partial charge in [-0.1, -0.05) is 11.6 Å². The Bertz CT molecular complexity index is 518. The summed E-state index contributed by atoms with van der Waals surface area (Å²) in [6.45, 7) is -1.16. The summed E-state index contributed by atoms with van der Waals surface area (Å²) in [7, 11) is 0. The third-order valence-electron chi connectivity index (χ3n) is 2.83. The van der Waals surface area contributed by atoms with Gasteiger partial charge >= 0.3 is 0 Å². The summed E-state index contributed by atoms with van der Waals surface area (Å²) in [6.07, 6.45) is -0.363. The van der Waals surface area contributed by atoms with Crippen LogP contribution in [0.15, 0.2) is 16.6 Å². The van der Waals surface area contributed by atoms with E-state index in [9.17, 15) is 18.0 Å². The molecule has 0 bridgehead atoms. The van der Waals surface area contributed by atoms with Gasteiger partial charge in [-0.3, -0.25) is 4.79 Å². The van der Waals surface area contributed by atoms with Crippen molar-refractivity contribution in [1.82, 2.24) is 4.90 Å². The number of hydrogen-bond acceptors (Lipinski definition) is 2. The maximum Gasteiger partial charge on any atom is 0.267 e. The number of hydrogen-bond donors (Lipinski definition) is 0. The van der Waals surface area contributed by atoms with Crippen LogP contribution in [-0.4, -0.2) is 36.4 Å². The lowest BCUT2D eigenvalue weighted by Gasteiger charge is -2.17. The molecule has 0 aliphatic carbocycles. The van der Waals surface area contributed by atoms with Crippen molar-refractivity contribution >= 4 is 33.4 Å². The van der Waals surface area contributed by atoms with Crippen LogP contribution in [0.4, 0.5) is 13.2 Å². The fourth-order valence-corrected chi connectivity index (χ4v) is 2.73. The van der Waals surface area contributed by atoms with Crippen molar-refractivity contribution in [3.63, 3.8) is 0 Å². The van der Waals surface area contributed by atoms with Gasteiger partial charge in [-0.2, -0.15) is 0 Å². The van der Waals surface area contributed by atoms with Gasteiger partial charge in [0, 0.05) is 18.0 Å². The molecule has 1 amide bonds. The molecular weight excluding hydrogens is 362 g/mol. The largest absolute Gasteiger partial charge is 0.479 e. The average molecular weight is 373 g/mol. The van der Waals surface area contributed by atoms with Gasteiger partial charge in [0.2, 0.25) is 0 Å². The Morgan fingerprint density at radius 3 is 2.75 bits per heavy atom. The number of amides is 1. The summed E-state index contributed by atoms with van der Waals surface area (Å²) in [4.78, 5) is 12.7. The Labute approximate surface area is 126 Å². The Balaban J connectivity index is 1.98. The van der Waals surface area contributed by atoms with E-state index < -0.39 is 30.8 Å². The zero-order chi connectivity index (χ0) is 14.9. The highest BCUT2D eigenvalue weighted by Crippen LogP contribution is 2.32. The Morgan fingerprint density at radius 1 is 1.50 bits per heavy atom. The van der Waals surface area contributed by atoms with Gasteiger partial charge in [0.05, 0.1) is 11.0 Å². The highest BCUT2D eigenvalue weighted by Gasteiger charge is 2.40. The fourth-order valence-electron chi connectivity index (χ4n) is 1.84. The first-order chi connectivity index (χ1) is 9.28. The first-order valence-corrected chi connectivity index (χ1v) is 6.88. The molecule has 1 aliphatic heterocycles. The maximum absolute atomic E-state index is 13.6. The smallest absolute Gasteiger partial charge is 0.267 e. The maximum atomic E-state index is 13.6. The van der Waals surface area contributed by atoms with E-state index in [2.05, 4.69) is 15.9 Å². The summed E-state index contributed by atoms with van der Waals surface area (Å²) < 4.78 is 44.8. The van der Waals surface area contributed by atoms with Crippen LogP contribution in [0.2, 0.25) is 5.02 Å². The number of benzene rings is 1. The summed E-state index contributed by atoms with van der Waals surface area (Å²) in [6, 6.07) is 2.45.